The van der Waals surface area contributed by atoms with Gasteiger partial charge in [0.2, 0.25) is 0 Å². The van der Waals surface area contributed by atoms with Crippen LogP contribution in [0, 0.1) is 11.2 Å². The molecular formula is C22H29FN6O2. The molecule has 0 aliphatic carbocycles. The highest BCUT2D eigenvalue weighted by molar-refractivity contribution is 6.02. The van der Waals surface area contributed by atoms with Gasteiger partial charge in [-0.15, -0.1) is 0 Å². The molecule has 2 saturated heterocycles. The first-order valence-electron chi connectivity index (χ1n) is 10.5. The van der Waals surface area contributed by atoms with E-state index >= 15 is 0 Å². The number of amides is 1. The van der Waals surface area contributed by atoms with Crippen molar-refractivity contribution in [3.8, 4) is 11.3 Å². The summed E-state index contributed by atoms with van der Waals surface area (Å²) in [6.45, 7) is 6.78. The Hall–Kier alpha value is -3.10. The number of carbonyl (C=O) groups is 1. The van der Waals surface area contributed by atoms with Crippen molar-refractivity contribution in [1.29, 1.82) is 5.41 Å². The number of ether oxygens (including phenoxy) is 1. The van der Waals surface area contributed by atoms with Crippen molar-refractivity contribution in [3.05, 3.63) is 35.9 Å². The maximum Gasteiger partial charge on any atom is 0.410 e. The van der Waals surface area contributed by atoms with E-state index in [0.29, 0.717) is 41.6 Å². The Kier molecular flexibility index (Phi) is 5.36. The molecule has 0 saturated carbocycles. The molecule has 2 fully saturated rings. The second kappa shape index (κ2) is 7.86. The van der Waals surface area contributed by atoms with E-state index in [2.05, 4.69) is 15.3 Å². The average Bonchev–Trinajstić information content (AvgIpc) is 3.25. The van der Waals surface area contributed by atoms with E-state index in [4.69, 9.17) is 10.1 Å². The van der Waals surface area contributed by atoms with Crippen molar-refractivity contribution in [2.75, 3.05) is 25.5 Å². The van der Waals surface area contributed by atoms with Gasteiger partial charge in [0.25, 0.3) is 0 Å². The Bertz CT molecular complexity index is 984. The van der Waals surface area contributed by atoms with Gasteiger partial charge in [-0.2, -0.15) is 0 Å². The number of anilines is 1. The summed E-state index contributed by atoms with van der Waals surface area (Å²) >= 11 is 0. The van der Waals surface area contributed by atoms with Crippen LogP contribution in [0.3, 0.4) is 0 Å². The second-order valence-corrected chi connectivity index (χ2v) is 9.14. The molecule has 9 heteroatoms. The van der Waals surface area contributed by atoms with Gasteiger partial charge in [0.15, 0.2) is 0 Å². The molecule has 0 spiro atoms. The zero-order valence-corrected chi connectivity index (χ0v) is 18.3. The molecule has 2 aromatic heterocycles. The van der Waals surface area contributed by atoms with E-state index in [0.717, 1.165) is 19.0 Å². The van der Waals surface area contributed by atoms with Crippen LogP contribution in [0.25, 0.3) is 11.3 Å². The molecule has 1 amide bonds. The number of aromatic amines is 1. The quantitative estimate of drug-likeness (QED) is 0.512. The van der Waals surface area contributed by atoms with Crippen LogP contribution in [0.5, 0.6) is 0 Å². The van der Waals surface area contributed by atoms with Crippen LogP contribution in [0.1, 0.15) is 39.2 Å². The van der Waals surface area contributed by atoms with Crippen molar-refractivity contribution in [2.24, 2.45) is 0 Å². The number of nitrogens with zero attached hydrogens (tertiary/aromatic N) is 3. The number of piperazine rings is 1. The van der Waals surface area contributed by atoms with Crippen molar-refractivity contribution < 1.29 is 13.9 Å². The van der Waals surface area contributed by atoms with Crippen LogP contribution < -0.4 is 5.32 Å². The third-order valence-electron chi connectivity index (χ3n) is 5.74. The summed E-state index contributed by atoms with van der Waals surface area (Å²) in [4.78, 5) is 23.7. The minimum Gasteiger partial charge on any atom is -0.444 e. The lowest BCUT2D eigenvalue weighted by Crippen LogP contribution is -2.57. The van der Waals surface area contributed by atoms with Gasteiger partial charge >= 0.3 is 6.09 Å². The predicted octanol–water partition coefficient (Wildman–Crippen LogP) is 3.67. The molecule has 8 nitrogen and oxygen atoms in total. The van der Waals surface area contributed by atoms with Gasteiger partial charge in [-0.25, -0.2) is 9.18 Å². The van der Waals surface area contributed by atoms with Gasteiger partial charge in [-0.05, 0) is 45.7 Å². The van der Waals surface area contributed by atoms with Crippen LogP contribution >= 0.6 is 0 Å². The highest BCUT2D eigenvalue weighted by Gasteiger charge is 2.45. The maximum absolute atomic E-state index is 13.6. The number of H-pyrrole nitrogens is 1. The van der Waals surface area contributed by atoms with Gasteiger partial charge in [0, 0.05) is 37.6 Å². The van der Waals surface area contributed by atoms with Crippen molar-refractivity contribution in [3.63, 3.8) is 0 Å². The van der Waals surface area contributed by atoms with Crippen LogP contribution in [0.15, 0.2) is 24.5 Å². The Morgan fingerprint density at radius 1 is 1.26 bits per heavy atom. The first-order valence-corrected chi connectivity index (χ1v) is 10.5. The summed E-state index contributed by atoms with van der Waals surface area (Å²) in [6.07, 6.45) is 4.28. The number of amidine groups is 1. The number of pyridine rings is 1. The number of nitrogens with one attached hydrogen (secondary N) is 3. The second-order valence-electron chi connectivity index (χ2n) is 9.14. The SMILES string of the molecule is CNc1[nH]c(-c2cncc(F)c2)cc1C(=N)N1CC2CCC(C1)N2C(=O)OC(C)(C)C. The van der Waals surface area contributed by atoms with Crippen LogP contribution in [0.4, 0.5) is 15.0 Å². The van der Waals surface area contributed by atoms with Crippen molar-refractivity contribution in [2.45, 2.75) is 51.3 Å². The number of aromatic nitrogens is 2. The number of rotatable bonds is 3. The molecule has 2 aliphatic heterocycles. The number of hydrogen-bond acceptors (Lipinski definition) is 5. The number of halogens is 1. The Labute approximate surface area is 181 Å². The highest BCUT2D eigenvalue weighted by atomic mass is 19.1. The fraction of sp³-hybridized carbons (Fsp3) is 0.500. The van der Waals surface area contributed by atoms with E-state index in [9.17, 15) is 9.18 Å². The third kappa shape index (κ3) is 4.22. The molecule has 2 unspecified atom stereocenters. The van der Waals surface area contributed by atoms with Gasteiger partial charge in [-0.3, -0.25) is 15.3 Å². The Morgan fingerprint density at radius 3 is 2.52 bits per heavy atom. The normalized spacial score (nSPS) is 20.7. The summed E-state index contributed by atoms with van der Waals surface area (Å²) in [6, 6.07) is 3.30. The van der Waals surface area contributed by atoms with Crippen LogP contribution in [-0.2, 0) is 4.74 Å². The van der Waals surface area contributed by atoms with E-state index in [1.54, 1.807) is 13.2 Å². The molecule has 4 heterocycles. The standard InChI is InChI=1S/C22H29FN6O2/c1-22(2,3)31-21(30)29-15-5-6-16(29)12-28(11-15)19(24)17-8-18(27-20(17)25-4)13-7-14(23)10-26-9-13/h7-10,15-16,24-25,27H,5-6,11-12H2,1-4H3. The predicted molar refractivity (Wildman–Crippen MR) is 117 cm³/mol. The number of hydrogen-bond donors (Lipinski definition) is 3. The van der Waals surface area contributed by atoms with E-state index in [-0.39, 0.29) is 18.2 Å². The zero-order valence-electron chi connectivity index (χ0n) is 18.3. The Morgan fingerprint density at radius 2 is 1.94 bits per heavy atom. The topological polar surface area (TPSA) is 97.3 Å². The minimum absolute atomic E-state index is 0.0258. The van der Waals surface area contributed by atoms with E-state index in [1.807, 2.05) is 36.6 Å². The molecule has 2 atom stereocenters. The number of carbonyl (C=O) groups excluding carboxylic acids is 1. The summed E-state index contributed by atoms with van der Waals surface area (Å²) in [5.41, 5.74) is 1.47. The molecule has 166 valence electrons. The zero-order chi connectivity index (χ0) is 22.3. The highest BCUT2D eigenvalue weighted by Crippen LogP contribution is 2.34. The minimum atomic E-state index is -0.532. The van der Waals surface area contributed by atoms with Crippen molar-refractivity contribution in [1.82, 2.24) is 19.8 Å². The first-order chi connectivity index (χ1) is 14.7. The lowest BCUT2D eigenvalue weighted by molar-refractivity contribution is 0.00278. The molecule has 0 aromatic carbocycles. The summed E-state index contributed by atoms with van der Waals surface area (Å²) < 4.78 is 19.2. The van der Waals surface area contributed by atoms with Gasteiger partial charge in [-0.1, -0.05) is 0 Å². The summed E-state index contributed by atoms with van der Waals surface area (Å²) in [5, 5.41) is 11.9. The fourth-order valence-corrected chi connectivity index (χ4v) is 4.42. The molecule has 2 aromatic rings. The van der Waals surface area contributed by atoms with Gasteiger partial charge < -0.3 is 19.9 Å². The van der Waals surface area contributed by atoms with Crippen LogP contribution in [-0.4, -0.2) is 69.5 Å². The lowest BCUT2D eigenvalue weighted by Gasteiger charge is -2.42. The van der Waals surface area contributed by atoms with E-state index < -0.39 is 11.4 Å². The van der Waals surface area contributed by atoms with Gasteiger partial charge in [0.1, 0.15) is 23.1 Å². The molecule has 2 aliphatic rings. The summed E-state index contributed by atoms with van der Waals surface area (Å²) in [7, 11) is 1.78. The fourth-order valence-electron chi connectivity index (χ4n) is 4.42. The smallest absolute Gasteiger partial charge is 0.410 e. The molecule has 2 bridgehead atoms. The summed E-state index contributed by atoms with van der Waals surface area (Å²) in [5.74, 6) is 0.646. The third-order valence-corrected chi connectivity index (χ3v) is 5.74. The molecule has 4 rings (SSSR count). The Balaban J connectivity index is 1.53. The molecule has 3 N–H and O–H groups in total. The molecular weight excluding hydrogens is 399 g/mol. The molecule has 0 radical (unpaired) electrons. The number of fused-ring (bicyclic) bond motifs is 2. The van der Waals surface area contributed by atoms with Crippen molar-refractivity contribution >= 4 is 17.7 Å². The molecule has 31 heavy (non-hydrogen) atoms. The van der Waals surface area contributed by atoms with E-state index in [1.165, 1.54) is 6.07 Å². The van der Waals surface area contributed by atoms with Crippen LogP contribution in [0.2, 0.25) is 0 Å². The van der Waals surface area contributed by atoms with Gasteiger partial charge in [0.05, 0.1) is 23.8 Å². The largest absolute Gasteiger partial charge is 0.444 e. The lowest BCUT2D eigenvalue weighted by atomic mass is 10.1. The first kappa shape index (κ1) is 21.1. The monoisotopic (exact) mass is 428 g/mol. The maximum atomic E-state index is 13.6. The average molecular weight is 429 g/mol. The number of likely N-dealkylation sites (tertiary alicyclic amines) is 1.